The number of para-hydroxylation sites is 1. The van der Waals surface area contributed by atoms with Crippen molar-refractivity contribution in [2.45, 2.75) is 13.0 Å². The average Bonchev–Trinajstić information content (AvgIpc) is 2.47. The summed E-state index contributed by atoms with van der Waals surface area (Å²) in [6.07, 6.45) is 0. The minimum Gasteiger partial charge on any atom is -0.483 e. The van der Waals surface area contributed by atoms with E-state index in [1.807, 2.05) is 55.5 Å². The Morgan fingerprint density at radius 1 is 1.24 bits per heavy atom. The number of carbonyl (C=O) groups excluding carboxylic acids is 1. The second kappa shape index (κ2) is 7.79. The Morgan fingerprint density at radius 2 is 1.90 bits per heavy atom. The first kappa shape index (κ1) is 16.3. The molecule has 0 radical (unpaired) electrons. The molecule has 0 fully saturated rings. The highest BCUT2D eigenvalue weighted by molar-refractivity contribution is 14.1. The number of halogens is 2. The largest absolute Gasteiger partial charge is 0.483 e. The molecule has 0 saturated heterocycles. The second-order valence-corrected chi connectivity index (χ2v) is 6.64. The summed E-state index contributed by atoms with van der Waals surface area (Å²) in [5.74, 6) is 0.592. The zero-order valence-corrected chi connectivity index (χ0v) is 15.2. The van der Waals surface area contributed by atoms with E-state index in [-0.39, 0.29) is 18.6 Å². The van der Waals surface area contributed by atoms with Gasteiger partial charge in [0.2, 0.25) is 0 Å². The van der Waals surface area contributed by atoms with Gasteiger partial charge in [0.15, 0.2) is 6.61 Å². The molecule has 1 N–H and O–H groups in total. The molecule has 0 bridgehead atoms. The predicted octanol–water partition coefficient (Wildman–Crippen LogP) is 4.31. The van der Waals surface area contributed by atoms with E-state index in [4.69, 9.17) is 4.74 Å². The molecule has 0 aliphatic rings. The summed E-state index contributed by atoms with van der Waals surface area (Å²) < 4.78 is 7.54. The van der Waals surface area contributed by atoms with Crippen LogP contribution in [0.4, 0.5) is 0 Å². The van der Waals surface area contributed by atoms with Crippen LogP contribution in [-0.4, -0.2) is 12.5 Å². The lowest BCUT2D eigenvalue weighted by atomic mass is 10.1. The van der Waals surface area contributed by atoms with Gasteiger partial charge in [-0.15, -0.1) is 0 Å². The first-order chi connectivity index (χ1) is 10.1. The number of hydrogen-bond donors (Lipinski definition) is 1. The minimum absolute atomic E-state index is 0.0148. The fourth-order valence-corrected chi connectivity index (χ4v) is 2.63. The maximum atomic E-state index is 11.9. The van der Waals surface area contributed by atoms with Gasteiger partial charge in [-0.25, -0.2) is 0 Å². The lowest BCUT2D eigenvalue weighted by molar-refractivity contribution is -0.123. The number of hydrogen-bond acceptors (Lipinski definition) is 2. The minimum atomic E-state index is -0.134. The van der Waals surface area contributed by atoms with Gasteiger partial charge in [-0.2, -0.15) is 0 Å². The quantitative estimate of drug-likeness (QED) is 0.676. The van der Waals surface area contributed by atoms with Gasteiger partial charge in [0.25, 0.3) is 5.91 Å². The number of rotatable bonds is 5. The van der Waals surface area contributed by atoms with Crippen LogP contribution in [-0.2, 0) is 4.79 Å². The molecular weight excluding hydrogens is 445 g/mol. The van der Waals surface area contributed by atoms with Gasteiger partial charge < -0.3 is 10.1 Å². The number of amides is 1. The van der Waals surface area contributed by atoms with E-state index in [2.05, 4.69) is 43.8 Å². The van der Waals surface area contributed by atoms with Crippen molar-refractivity contribution in [3.8, 4) is 5.75 Å². The molecule has 0 heterocycles. The molecule has 3 nitrogen and oxygen atoms in total. The third-order valence-electron chi connectivity index (χ3n) is 2.94. The normalized spacial score (nSPS) is 11.8. The van der Waals surface area contributed by atoms with Crippen molar-refractivity contribution in [3.05, 3.63) is 62.1 Å². The van der Waals surface area contributed by atoms with Gasteiger partial charge in [-0.1, -0.05) is 40.2 Å². The highest BCUT2D eigenvalue weighted by Crippen LogP contribution is 2.20. The van der Waals surface area contributed by atoms with Crippen molar-refractivity contribution >= 4 is 44.4 Å². The van der Waals surface area contributed by atoms with Gasteiger partial charge in [0, 0.05) is 4.47 Å². The molecule has 21 heavy (non-hydrogen) atoms. The second-order valence-electron chi connectivity index (χ2n) is 4.56. The smallest absolute Gasteiger partial charge is 0.258 e. The lowest BCUT2D eigenvalue weighted by Gasteiger charge is -2.15. The van der Waals surface area contributed by atoms with Gasteiger partial charge >= 0.3 is 0 Å². The molecule has 1 amide bonds. The van der Waals surface area contributed by atoms with Crippen molar-refractivity contribution in [3.63, 3.8) is 0 Å². The van der Waals surface area contributed by atoms with Gasteiger partial charge in [0.05, 0.1) is 9.61 Å². The Hall–Kier alpha value is -1.08. The Kier molecular flexibility index (Phi) is 6.05. The van der Waals surface area contributed by atoms with Crippen LogP contribution in [0.5, 0.6) is 5.75 Å². The fraction of sp³-hybridized carbons (Fsp3) is 0.188. The number of benzene rings is 2. The van der Waals surface area contributed by atoms with Gasteiger partial charge in [0.1, 0.15) is 5.75 Å². The molecule has 0 spiro atoms. The third kappa shape index (κ3) is 5.00. The average molecular weight is 460 g/mol. The van der Waals surface area contributed by atoms with Crippen LogP contribution in [0.15, 0.2) is 53.0 Å². The summed E-state index contributed by atoms with van der Waals surface area (Å²) in [4.78, 5) is 11.9. The van der Waals surface area contributed by atoms with E-state index in [0.29, 0.717) is 0 Å². The summed E-state index contributed by atoms with van der Waals surface area (Å²) in [5.41, 5.74) is 1.06. The fourth-order valence-electron chi connectivity index (χ4n) is 1.82. The van der Waals surface area contributed by atoms with Crippen LogP contribution in [0.25, 0.3) is 0 Å². The van der Waals surface area contributed by atoms with Crippen molar-refractivity contribution in [2.75, 3.05) is 6.61 Å². The third-order valence-corrected chi connectivity index (χ3v) is 4.36. The number of nitrogens with one attached hydrogen (secondary N) is 1. The summed E-state index contributed by atoms with van der Waals surface area (Å²) in [7, 11) is 0. The van der Waals surface area contributed by atoms with Gasteiger partial charge in [-0.3, -0.25) is 4.79 Å². The Morgan fingerprint density at radius 3 is 2.57 bits per heavy atom. The van der Waals surface area contributed by atoms with E-state index in [1.165, 1.54) is 0 Å². The predicted molar refractivity (Wildman–Crippen MR) is 95.4 cm³/mol. The van der Waals surface area contributed by atoms with Crippen LogP contribution >= 0.6 is 38.5 Å². The molecule has 2 aromatic carbocycles. The topological polar surface area (TPSA) is 38.3 Å². The van der Waals surface area contributed by atoms with Crippen molar-refractivity contribution < 1.29 is 9.53 Å². The standard InChI is InChI=1S/C16H15BrINO2/c1-11(12-6-8-13(17)9-7-12)19-16(20)10-21-15-5-3-2-4-14(15)18/h2-9,11H,10H2,1H3,(H,19,20). The highest BCUT2D eigenvalue weighted by Gasteiger charge is 2.10. The first-order valence-corrected chi connectivity index (χ1v) is 8.35. The summed E-state index contributed by atoms with van der Waals surface area (Å²) in [6.45, 7) is 1.97. The first-order valence-electron chi connectivity index (χ1n) is 6.48. The monoisotopic (exact) mass is 459 g/mol. The summed E-state index contributed by atoms with van der Waals surface area (Å²) in [5, 5.41) is 2.92. The van der Waals surface area contributed by atoms with E-state index in [9.17, 15) is 4.79 Å². The van der Waals surface area contributed by atoms with Crippen LogP contribution in [0.2, 0.25) is 0 Å². The van der Waals surface area contributed by atoms with Crippen molar-refractivity contribution in [1.29, 1.82) is 0 Å². The SMILES string of the molecule is CC(NC(=O)COc1ccccc1I)c1ccc(Br)cc1. The molecule has 2 rings (SSSR count). The summed E-state index contributed by atoms with van der Waals surface area (Å²) in [6, 6.07) is 15.5. The van der Waals surface area contributed by atoms with E-state index in [0.717, 1.165) is 19.4 Å². The molecule has 0 aromatic heterocycles. The zero-order chi connectivity index (χ0) is 15.2. The van der Waals surface area contributed by atoms with Crippen LogP contribution in [0, 0.1) is 3.57 Å². The molecular formula is C16H15BrINO2. The highest BCUT2D eigenvalue weighted by atomic mass is 127. The molecule has 0 aliphatic carbocycles. The van der Waals surface area contributed by atoms with Crippen molar-refractivity contribution in [1.82, 2.24) is 5.32 Å². The lowest BCUT2D eigenvalue weighted by Crippen LogP contribution is -2.31. The van der Waals surface area contributed by atoms with Crippen LogP contribution < -0.4 is 10.1 Å². The number of ether oxygens (including phenoxy) is 1. The molecule has 110 valence electrons. The molecule has 0 saturated carbocycles. The number of carbonyl (C=O) groups is 1. The van der Waals surface area contributed by atoms with Crippen molar-refractivity contribution in [2.24, 2.45) is 0 Å². The van der Waals surface area contributed by atoms with E-state index < -0.39 is 0 Å². The zero-order valence-electron chi connectivity index (χ0n) is 11.5. The van der Waals surface area contributed by atoms with E-state index in [1.54, 1.807) is 0 Å². The Balaban J connectivity index is 1.87. The maximum absolute atomic E-state index is 11.9. The Labute approximate surface area is 146 Å². The van der Waals surface area contributed by atoms with Crippen LogP contribution in [0.1, 0.15) is 18.5 Å². The molecule has 1 atom stereocenters. The Bertz CT molecular complexity index is 616. The summed E-state index contributed by atoms with van der Waals surface area (Å²) >= 11 is 5.58. The molecule has 2 aromatic rings. The van der Waals surface area contributed by atoms with Crippen LogP contribution in [0.3, 0.4) is 0 Å². The molecule has 1 unspecified atom stereocenters. The van der Waals surface area contributed by atoms with Gasteiger partial charge in [-0.05, 0) is 59.3 Å². The van der Waals surface area contributed by atoms with E-state index >= 15 is 0 Å². The molecule has 5 heteroatoms. The molecule has 0 aliphatic heterocycles. The maximum Gasteiger partial charge on any atom is 0.258 e.